The molecule has 140 valence electrons. The van der Waals surface area contributed by atoms with Gasteiger partial charge in [0.2, 0.25) is 5.78 Å². The first-order valence-electron chi connectivity index (χ1n) is 8.11. The summed E-state index contributed by atoms with van der Waals surface area (Å²) in [6, 6.07) is 3.90. The molecule has 0 fully saturated rings. The van der Waals surface area contributed by atoms with Crippen LogP contribution in [0.4, 0.5) is 14.5 Å². The zero-order valence-electron chi connectivity index (χ0n) is 14.5. The number of hydrogen-bond acceptors (Lipinski definition) is 6. The minimum absolute atomic E-state index is 0.0715. The summed E-state index contributed by atoms with van der Waals surface area (Å²) in [5.74, 6) is -2.91. The van der Waals surface area contributed by atoms with Crippen LogP contribution in [0.5, 0.6) is 6.01 Å². The molecular weight excluding hydrogens is 368 g/mol. The number of carbonyl (C=O) groups excluding carboxylic acids is 1. The standard InChI is InChI=1S/C19H13F2N5O2/c1-28-19-25-6-10(7-26-19)9-4-11-12(8-24-18(11)23-5-9)17(27)15-13(20)2-3-14(22)16(15)21/h2-8H,22H2,1H3,(H,23,24). The summed E-state index contributed by atoms with van der Waals surface area (Å²) in [5, 5.41) is 0.402. The number of pyridine rings is 1. The maximum absolute atomic E-state index is 14.3. The molecule has 7 nitrogen and oxygen atoms in total. The Kier molecular flexibility index (Phi) is 4.19. The van der Waals surface area contributed by atoms with Crippen LogP contribution in [0.1, 0.15) is 15.9 Å². The van der Waals surface area contributed by atoms with Crippen LogP contribution in [0.3, 0.4) is 0 Å². The molecule has 0 aliphatic carbocycles. The Morgan fingerprint density at radius 3 is 2.54 bits per heavy atom. The predicted molar refractivity (Wildman–Crippen MR) is 97.9 cm³/mol. The molecule has 4 rings (SSSR count). The minimum Gasteiger partial charge on any atom is -0.467 e. The van der Waals surface area contributed by atoms with Crippen molar-refractivity contribution >= 4 is 22.5 Å². The second-order valence-corrected chi connectivity index (χ2v) is 5.94. The molecule has 1 aromatic carbocycles. The first-order valence-corrected chi connectivity index (χ1v) is 8.11. The largest absolute Gasteiger partial charge is 0.467 e. The molecule has 0 aliphatic heterocycles. The number of anilines is 1. The molecule has 0 amide bonds. The van der Waals surface area contributed by atoms with Crippen molar-refractivity contribution < 1.29 is 18.3 Å². The van der Waals surface area contributed by atoms with Gasteiger partial charge >= 0.3 is 6.01 Å². The van der Waals surface area contributed by atoms with E-state index in [1.165, 1.54) is 13.3 Å². The lowest BCUT2D eigenvalue weighted by atomic mass is 10.0. The summed E-state index contributed by atoms with van der Waals surface area (Å²) in [6.07, 6.45) is 6.01. The van der Waals surface area contributed by atoms with Crippen LogP contribution in [-0.2, 0) is 0 Å². The van der Waals surface area contributed by atoms with E-state index >= 15 is 0 Å². The Morgan fingerprint density at radius 1 is 1.11 bits per heavy atom. The van der Waals surface area contributed by atoms with Crippen LogP contribution in [0, 0.1) is 11.6 Å². The zero-order chi connectivity index (χ0) is 19.8. The maximum Gasteiger partial charge on any atom is 0.316 e. The van der Waals surface area contributed by atoms with E-state index in [-0.39, 0.29) is 17.3 Å². The number of aromatic amines is 1. The second-order valence-electron chi connectivity index (χ2n) is 5.94. The average molecular weight is 381 g/mol. The Balaban J connectivity index is 1.82. The molecule has 0 atom stereocenters. The highest BCUT2D eigenvalue weighted by molar-refractivity contribution is 6.16. The molecule has 28 heavy (non-hydrogen) atoms. The first kappa shape index (κ1) is 17.5. The first-order chi connectivity index (χ1) is 13.5. The van der Waals surface area contributed by atoms with E-state index in [0.29, 0.717) is 22.2 Å². The number of carbonyl (C=O) groups is 1. The molecule has 4 aromatic rings. The number of ketones is 1. The highest BCUT2D eigenvalue weighted by Crippen LogP contribution is 2.28. The van der Waals surface area contributed by atoms with Gasteiger partial charge in [-0.2, -0.15) is 0 Å². The van der Waals surface area contributed by atoms with Crippen molar-refractivity contribution in [2.45, 2.75) is 0 Å². The van der Waals surface area contributed by atoms with E-state index in [0.717, 1.165) is 12.1 Å². The number of halogens is 2. The topological polar surface area (TPSA) is 107 Å². The lowest BCUT2D eigenvalue weighted by molar-refractivity contribution is 0.103. The maximum atomic E-state index is 14.3. The number of rotatable bonds is 4. The lowest BCUT2D eigenvalue weighted by Gasteiger charge is -2.06. The number of nitrogens with one attached hydrogen (secondary N) is 1. The number of nitrogen functional groups attached to an aromatic ring is 1. The molecule has 9 heteroatoms. The number of methoxy groups -OCH3 is 1. The molecule has 0 saturated heterocycles. The molecule has 0 radical (unpaired) electrons. The number of fused-ring (bicyclic) bond motifs is 1. The van der Waals surface area contributed by atoms with Crippen molar-refractivity contribution in [3.8, 4) is 17.1 Å². The van der Waals surface area contributed by atoms with Crippen molar-refractivity contribution in [2.24, 2.45) is 0 Å². The fourth-order valence-electron chi connectivity index (χ4n) is 2.83. The monoisotopic (exact) mass is 381 g/mol. The van der Waals surface area contributed by atoms with Gasteiger partial charge in [0.05, 0.1) is 18.4 Å². The van der Waals surface area contributed by atoms with Gasteiger partial charge in [-0.3, -0.25) is 4.79 Å². The van der Waals surface area contributed by atoms with Crippen LogP contribution < -0.4 is 10.5 Å². The number of ether oxygens (including phenoxy) is 1. The number of aromatic nitrogens is 4. The second kappa shape index (κ2) is 6.69. The van der Waals surface area contributed by atoms with E-state index in [1.807, 2.05) is 0 Å². The third kappa shape index (κ3) is 2.82. The molecule has 0 saturated carbocycles. The number of nitrogens with two attached hydrogens (primary N) is 1. The van der Waals surface area contributed by atoms with Gasteiger partial charge in [-0.05, 0) is 18.2 Å². The summed E-state index contributed by atoms with van der Waals surface area (Å²) in [4.78, 5) is 28.0. The van der Waals surface area contributed by atoms with Crippen molar-refractivity contribution in [2.75, 3.05) is 12.8 Å². The van der Waals surface area contributed by atoms with E-state index in [2.05, 4.69) is 19.9 Å². The highest BCUT2D eigenvalue weighted by Gasteiger charge is 2.24. The Bertz CT molecular complexity index is 1210. The average Bonchev–Trinajstić information content (AvgIpc) is 3.14. The molecule has 0 bridgehead atoms. The van der Waals surface area contributed by atoms with Crippen molar-refractivity contribution in [3.05, 3.63) is 65.7 Å². The number of benzene rings is 1. The lowest BCUT2D eigenvalue weighted by Crippen LogP contribution is -2.09. The minimum atomic E-state index is -1.09. The summed E-state index contributed by atoms with van der Waals surface area (Å²) in [5.41, 5.74) is 6.19. The molecule has 3 aromatic heterocycles. The van der Waals surface area contributed by atoms with Gasteiger partial charge < -0.3 is 15.5 Å². The number of H-pyrrole nitrogens is 1. The summed E-state index contributed by atoms with van der Waals surface area (Å²) in [6.45, 7) is 0. The smallest absolute Gasteiger partial charge is 0.316 e. The van der Waals surface area contributed by atoms with Gasteiger partial charge in [0.1, 0.15) is 11.5 Å². The number of nitrogens with zero attached hydrogens (tertiary/aromatic N) is 3. The normalized spacial score (nSPS) is 11.0. The third-order valence-corrected chi connectivity index (χ3v) is 4.27. The van der Waals surface area contributed by atoms with E-state index in [9.17, 15) is 13.6 Å². The Labute approximate surface area is 157 Å². The van der Waals surface area contributed by atoms with Gasteiger partial charge in [0.25, 0.3) is 0 Å². The van der Waals surface area contributed by atoms with Crippen LogP contribution in [0.2, 0.25) is 0 Å². The predicted octanol–water partition coefficient (Wildman–Crippen LogP) is 3.12. The highest BCUT2D eigenvalue weighted by atomic mass is 19.1. The van der Waals surface area contributed by atoms with Gasteiger partial charge in [-0.1, -0.05) is 0 Å². The number of hydrogen-bond donors (Lipinski definition) is 2. The molecule has 3 heterocycles. The van der Waals surface area contributed by atoms with E-state index in [4.69, 9.17) is 10.5 Å². The zero-order valence-corrected chi connectivity index (χ0v) is 14.5. The fraction of sp³-hybridized carbons (Fsp3) is 0.0526. The van der Waals surface area contributed by atoms with Crippen molar-refractivity contribution in [3.63, 3.8) is 0 Å². The molecular formula is C19H13F2N5O2. The molecule has 0 aliphatic rings. The van der Waals surface area contributed by atoms with Gasteiger partial charge in [0.15, 0.2) is 5.82 Å². The summed E-state index contributed by atoms with van der Waals surface area (Å²) < 4.78 is 33.3. The van der Waals surface area contributed by atoms with Crippen LogP contribution >= 0.6 is 0 Å². The van der Waals surface area contributed by atoms with Gasteiger partial charge in [-0.15, -0.1) is 0 Å². The van der Waals surface area contributed by atoms with Crippen molar-refractivity contribution in [1.29, 1.82) is 0 Å². The molecule has 3 N–H and O–H groups in total. The summed E-state index contributed by atoms with van der Waals surface area (Å²) in [7, 11) is 1.45. The summed E-state index contributed by atoms with van der Waals surface area (Å²) >= 11 is 0. The Hall–Kier alpha value is -3.88. The van der Waals surface area contributed by atoms with E-state index in [1.54, 1.807) is 24.7 Å². The third-order valence-electron chi connectivity index (χ3n) is 4.27. The van der Waals surface area contributed by atoms with Crippen molar-refractivity contribution in [1.82, 2.24) is 19.9 Å². The SMILES string of the molecule is COc1ncc(-c2cnc3[nH]cc(C(=O)c4c(F)ccc(N)c4F)c3c2)cn1. The fourth-order valence-corrected chi connectivity index (χ4v) is 2.83. The Morgan fingerprint density at radius 2 is 1.82 bits per heavy atom. The van der Waals surface area contributed by atoms with Crippen LogP contribution in [0.15, 0.2) is 43.0 Å². The van der Waals surface area contributed by atoms with Crippen LogP contribution in [-0.4, -0.2) is 32.8 Å². The quantitative estimate of drug-likeness (QED) is 0.415. The molecule has 0 spiro atoms. The van der Waals surface area contributed by atoms with Crippen LogP contribution in [0.25, 0.3) is 22.2 Å². The van der Waals surface area contributed by atoms with E-state index < -0.39 is 23.0 Å². The van der Waals surface area contributed by atoms with Gasteiger partial charge in [0, 0.05) is 46.9 Å². The molecule has 0 unspecified atom stereocenters. The van der Waals surface area contributed by atoms with Gasteiger partial charge in [-0.25, -0.2) is 23.7 Å².